The molecule has 0 amide bonds. The van der Waals surface area contributed by atoms with E-state index in [1.54, 1.807) is 14.2 Å². The van der Waals surface area contributed by atoms with E-state index in [1.165, 1.54) is 11.3 Å². The molecule has 1 aliphatic rings. The monoisotopic (exact) mass is 561 g/mol. The van der Waals surface area contributed by atoms with E-state index in [1.807, 2.05) is 28.5 Å². The van der Waals surface area contributed by atoms with Gasteiger partial charge in [-0.1, -0.05) is 17.7 Å². The Labute approximate surface area is 216 Å². The predicted molar refractivity (Wildman–Crippen MR) is 132 cm³/mol. The Bertz CT molecular complexity index is 1340. The summed E-state index contributed by atoms with van der Waals surface area (Å²) in [5, 5.41) is 2.45. The molecule has 36 heavy (non-hydrogen) atoms. The normalized spacial score (nSPS) is 15.2. The average molecular weight is 562 g/mol. The smallest absolute Gasteiger partial charge is 0.416 e. The zero-order chi connectivity index (χ0) is 26.1. The molecule has 0 saturated carbocycles. The van der Waals surface area contributed by atoms with Gasteiger partial charge in [0.25, 0.3) is 0 Å². The molecule has 2 aromatic carbocycles. The number of piperazine rings is 1. The quantitative estimate of drug-likeness (QED) is 0.407. The number of hydrogen-bond acceptors (Lipinski definition) is 7. The van der Waals surface area contributed by atoms with Gasteiger partial charge in [0.1, 0.15) is 4.90 Å². The van der Waals surface area contributed by atoms with Crippen molar-refractivity contribution in [2.75, 3.05) is 45.3 Å². The van der Waals surface area contributed by atoms with Crippen LogP contribution >= 0.6 is 22.9 Å². The maximum absolute atomic E-state index is 13.1. The lowest BCUT2D eigenvalue weighted by Gasteiger charge is -2.34. The third-order valence-corrected chi connectivity index (χ3v) is 9.09. The van der Waals surface area contributed by atoms with E-state index in [-0.39, 0.29) is 18.1 Å². The van der Waals surface area contributed by atoms with Crippen LogP contribution in [0.3, 0.4) is 0 Å². The average Bonchev–Trinajstić information content (AvgIpc) is 3.32. The van der Waals surface area contributed by atoms with Crippen molar-refractivity contribution in [1.29, 1.82) is 0 Å². The number of benzene rings is 2. The topological polar surface area (TPSA) is 72.0 Å². The van der Waals surface area contributed by atoms with E-state index >= 15 is 0 Å². The highest BCUT2D eigenvalue weighted by molar-refractivity contribution is 7.89. The van der Waals surface area contributed by atoms with Crippen LogP contribution in [-0.2, 0) is 22.6 Å². The molecule has 1 aromatic heterocycles. The number of hydrogen-bond donors (Lipinski definition) is 0. The van der Waals surface area contributed by atoms with Gasteiger partial charge in [0.15, 0.2) is 16.6 Å². The van der Waals surface area contributed by atoms with Crippen molar-refractivity contribution in [2.24, 2.45) is 0 Å². The molecule has 1 aliphatic heterocycles. The summed E-state index contributed by atoms with van der Waals surface area (Å²) in [6, 6.07) is 7.97. The summed E-state index contributed by atoms with van der Waals surface area (Å²) in [5.74, 6) is 1.27. The molecule has 1 fully saturated rings. The third-order valence-electron chi connectivity index (χ3n) is 5.76. The van der Waals surface area contributed by atoms with E-state index in [0.29, 0.717) is 37.1 Å². The molecule has 7 nitrogen and oxygen atoms in total. The summed E-state index contributed by atoms with van der Waals surface area (Å²) >= 11 is 7.42. The number of alkyl halides is 3. The van der Waals surface area contributed by atoms with Gasteiger partial charge in [-0.05, 0) is 35.9 Å². The first kappa shape index (κ1) is 26.5. The minimum absolute atomic E-state index is 0.0967. The summed E-state index contributed by atoms with van der Waals surface area (Å²) < 4.78 is 77.2. The zero-order valence-electron chi connectivity index (χ0n) is 19.4. The van der Waals surface area contributed by atoms with Crippen molar-refractivity contribution in [2.45, 2.75) is 17.5 Å². The van der Waals surface area contributed by atoms with E-state index in [0.717, 1.165) is 32.8 Å². The van der Waals surface area contributed by atoms with Gasteiger partial charge < -0.3 is 14.4 Å². The Morgan fingerprint density at radius 3 is 2.36 bits per heavy atom. The van der Waals surface area contributed by atoms with Crippen molar-refractivity contribution >= 4 is 38.1 Å². The molecule has 0 aliphatic carbocycles. The summed E-state index contributed by atoms with van der Waals surface area (Å²) in [7, 11) is -1.05. The maximum Gasteiger partial charge on any atom is 0.416 e. The SMILES string of the molecule is COc1ccc(Cc2csc(N3CCN(S(=O)(=O)c4cc(C(F)(F)F)ccc4Cl)CC3)n2)cc1OC. The molecular weight excluding hydrogens is 539 g/mol. The summed E-state index contributed by atoms with van der Waals surface area (Å²) in [4.78, 5) is 6.10. The largest absolute Gasteiger partial charge is 0.493 e. The molecule has 0 spiro atoms. The molecule has 2 heterocycles. The van der Waals surface area contributed by atoms with Gasteiger partial charge in [-0.3, -0.25) is 0 Å². The van der Waals surface area contributed by atoms with Gasteiger partial charge >= 0.3 is 6.18 Å². The van der Waals surface area contributed by atoms with Crippen molar-refractivity contribution in [3.63, 3.8) is 0 Å². The summed E-state index contributed by atoms with van der Waals surface area (Å²) in [5.41, 5.74) is 0.792. The van der Waals surface area contributed by atoms with Gasteiger partial charge in [-0.15, -0.1) is 11.3 Å². The van der Waals surface area contributed by atoms with Gasteiger partial charge in [0.05, 0.1) is 30.5 Å². The van der Waals surface area contributed by atoms with Crippen LogP contribution in [0.2, 0.25) is 5.02 Å². The fourth-order valence-corrected chi connectivity index (χ4v) is 6.66. The van der Waals surface area contributed by atoms with E-state index in [9.17, 15) is 21.6 Å². The van der Waals surface area contributed by atoms with Crippen LogP contribution in [0.5, 0.6) is 11.5 Å². The Morgan fingerprint density at radius 2 is 1.72 bits per heavy atom. The molecule has 3 aromatic rings. The molecule has 0 unspecified atom stereocenters. The second kappa shape index (κ2) is 10.4. The van der Waals surface area contributed by atoms with Crippen LogP contribution in [-0.4, -0.2) is 58.1 Å². The van der Waals surface area contributed by atoms with Gasteiger partial charge in [-0.25, -0.2) is 13.4 Å². The number of methoxy groups -OCH3 is 2. The van der Waals surface area contributed by atoms with Crippen LogP contribution in [0.4, 0.5) is 18.3 Å². The Morgan fingerprint density at radius 1 is 1.03 bits per heavy atom. The van der Waals surface area contributed by atoms with E-state index < -0.39 is 26.7 Å². The molecule has 194 valence electrons. The predicted octanol–water partition coefficient (Wildman–Crippen LogP) is 4.93. The van der Waals surface area contributed by atoms with Crippen molar-refractivity contribution in [3.05, 3.63) is 63.6 Å². The van der Waals surface area contributed by atoms with Gasteiger partial charge in [0, 0.05) is 38.0 Å². The highest BCUT2D eigenvalue weighted by Gasteiger charge is 2.35. The fraction of sp³-hybridized carbons (Fsp3) is 0.348. The maximum atomic E-state index is 13.1. The second-order valence-corrected chi connectivity index (χ2v) is 11.2. The second-order valence-electron chi connectivity index (χ2n) is 8.02. The minimum atomic E-state index is -4.67. The third kappa shape index (κ3) is 5.56. The molecule has 0 bridgehead atoms. The molecule has 4 rings (SSSR count). The van der Waals surface area contributed by atoms with Crippen LogP contribution in [0, 0.1) is 0 Å². The lowest BCUT2D eigenvalue weighted by Crippen LogP contribution is -2.48. The molecule has 0 radical (unpaired) electrons. The Kier molecular flexibility index (Phi) is 7.69. The number of ether oxygens (including phenoxy) is 2. The number of anilines is 1. The van der Waals surface area contributed by atoms with Crippen molar-refractivity contribution in [3.8, 4) is 11.5 Å². The van der Waals surface area contributed by atoms with Crippen LogP contribution in [0.25, 0.3) is 0 Å². The van der Waals surface area contributed by atoms with Crippen LogP contribution < -0.4 is 14.4 Å². The highest BCUT2D eigenvalue weighted by Crippen LogP contribution is 2.35. The highest BCUT2D eigenvalue weighted by atomic mass is 35.5. The molecule has 0 N–H and O–H groups in total. The molecule has 13 heteroatoms. The first-order valence-corrected chi connectivity index (χ1v) is 13.5. The lowest BCUT2D eigenvalue weighted by atomic mass is 10.1. The first-order valence-electron chi connectivity index (χ1n) is 10.8. The van der Waals surface area contributed by atoms with Gasteiger partial charge in [-0.2, -0.15) is 17.5 Å². The number of halogens is 4. The van der Waals surface area contributed by atoms with Gasteiger partial charge in [0.2, 0.25) is 10.0 Å². The number of sulfonamides is 1. The fourth-order valence-electron chi connectivity index (χ4n) is 3.86. The number of rotatable bonds is 7. The number of aromatic nitrogens is 1. The van der Waals surface area contributed by atoms with Crippen molar-refractivity contribution in [1.82, 2.24) is 9.29 Å². The zero-order valence-corrected chi connectivity index (χ0v) is 21.8. The summed E-state index contributed by atoms with van der Waals surface area (Å²) in [6.07, 6.45) is -4.09. The van der Waals surface area contributed by atoms with Crippen molar-refractivity contribution < 1.29 is 31.1 Å². The minimum Gasteiger partial charge on any atom is -0.493 e. The first-order chi connectivity index (χ1) is 17.0. The Hall–Kier alpha value is -2.54. The number of nitrogens with zero attached hydrogens (tertiary/aromatic N) is 3. The van der Waals surface area contributed by atoms with E-state index in [2.05, 4.69) is 4.98 Å². The molecular formula is C23H23ClF3N3O4S2. The van der Waals surface area contributed by atoms with Crippen LogP contribution in [0.1, 0.15) is 16.8 Å². The lowest BCUT2D eigenvalue weighted by molar-refractivity contribution is -0.137. The summed E-state index contributed by atoms with van der Waals surface area (Å²) in [6.45, 7) is 0.886. The van der Waals surface area contributed by atoms with E-state index in [4.69, 9.17) is 21.1 Å². The van der Waals surface area contributed by atoms with Crippen LogP contribution in [0.15, 0.2) is 46.7 Å². The number of thiazole rings is 1. The Balaban J connectivity index is 1.43. The standard InChI is InChI=1S/C23H23ClF3N3O4S2/c1-33-19-6-3-15(12-20(19)34-2)11-17-14-35-22(28-17)29-7-9-30(10-8-29)36(31,32)21-13-16(23(25,26)27)4-5-18(21)24/h3-6,12-14H,7-11H2,1-2H3. The molecule has 1 saturated heterocycles. The molecule has 0 atom stereocenters.